The van der Waals surface area contributed by atoms with Crippen molar-refractivity contribution in [2.24, 2.45) is 17.8 Å². The van der Waals surface area contributed by atoms with Crippen LogP contribution in [0.5, 0.6) is 0 Å². The number of hydrogen-bond donors (Lipinski definition) is 2. The van der Waals surface area contributed by atoms with Crippen LogP contribution in [-0.4, -0.2) is 71.4 Å². The third kappa shape index (κ3) is 4.68. The molecule has 0 radical (unpaired) electrons. The Morgan fingerprint density at radius 2 is 1.70 bits per heavy atom. The summed E-state index contributed by atoms with van der Waals surface area (Å²) in [5, 5.41) is 3.52. The lowest BCUT2D eigenvalue weighted by atomic mass is 9.67. The lowest BCUT2D eigenvalue weighted by Crippen LogP contribution is -2.68. The van der Waals surface area contributed by atoms with Crippen molar-refractivity contribution in [3.05, 3.63) is 0 Å². The summed E-state index contributed by atoms with van der Waals surface area (Å²) in [5.74, 6) is 2.16. The summed E-state index contributed by atoms with van der Waals surface area (Å²) in [6.07, 6.45) is 9.91. The Labute approximate surface area is 198 Å². The predicted octanol–water partition coefficient (Wildman–Crippen LogP) is 2.38. The number of amides is 2. The zero-order chi connectivity index (χ0) is 23.1. The van der Waals surface area contributed by atoms with Gasteiger partial charge in [-0.2, -0.15) is 5.48 Å². The summed E-state index contributed by atoms with van der Waals surface area (Å²) in [7, 11) is 0. The van der Waals surface area contributed by atoms with Gasteiger partial charge in [0.15, 0.2) is 0 Å². The average molecular weight is 463 g/mol. The van der Waals surface area contributed by atoms with Gasteiger partial charge >= 0.3 is 0 Å². The smallest absolute Gasteiger partial charge is 0.252 e. The number of carbonyl (C=O) groups is 2. The van der Waals surface area contributed by atoms with Crippen LogP contribution in [0.2, 0.25) is 0 Å². The fourth-order valence-electron chi connectivity index (χ4n) is 7.57. The first kappa shape index (κ1) is 23.5. The monoisotopic (exact) mass is 462 g/mol. The first-order valence-corrected chi connectivity index (χ1v) is 13.3. The van der Waals surface area contributed by atoms with E-state index in [2.05, 4.69) is 27.5 Å². The summed E-state index contributed by atoms with van der Waals surface area (Å²) in [6.45, 7) is 7.14. The fourth-order valence-corrected chi connectivity index (χ4v) is 7.57. The topological polar surface area (TPSA) is 83.1 Å². The summed E-state index contributed by atoms with van der Waals surface area (Å²) in [4.78, 5) is 35.8. The van der Waals surface area contributed by atoms with E-state index in [0.717, 1.165) is 32.1 Å². The van der Waals surface area contributed by atoms with E-state index in [4.69, 9.17) is 9.57 Å². The van der Waals surface area contributed by atoms with Crippen LogP contribution < -0.4 is 10.8 Å². The molecule has 186 valence electrons. The van der Waals surface area contributed by atoms with E-state index in [9.17, 15) is 9.59 Å². The van der Waals surface area contributed by atoms with Crippen molar-refractivity contribution in [3.63, 3.8) is 0 Å². The standard InChI is InChI=1S/C25H42N4O4/c1-15-14-28(25(31)23-8-5-11-32-23)22-13-19(9-10-21(22)29(15)17(3)30)18-6-4-7-20(12-18)24-26-16(2)33-27-24/h15-16,18-24,26-27H,4-14H2,1-3H3/t15-,16?,18?,19?,20?,21?,22?,23?,24?/m0/s1. The van der Waals surface area contributed by atoms with Crippen molar-refractivity contribution in [3.8, 4) is 0 Å². The number of rotatable bonds is 3. The highest BCUT2D eigenvalue weighted by atomic mass is 16.7. The highest BCUT2D eigenvalue weighted by Gasteiger charge is 2.49. The number of hydroxylamine groups is 1. The molecule has 3 heterocycles. The van der Waals surface area contributed by atoms with E-state index in [1.165, 1.54) is 25.7 Å². The number of carbonyl (C=O) groups excluding carboxylic acids is 2. The van der Waals surface area contributed by atoms with Crippen LogP contribution >= 0.6 is 0 Å². The van der Waals surface area contributed by atoms with Crippen LogP contribution in [0.3, 0.4) is 0 Å². The summed E-state index contributed by atoms with van der Waals surface area (Å²) < 4.78 is 5.78. The number of nitrogens with zero attached hydrogens (tertiary/aromatic N) is 2. The molecule has 9 atom stereocenters. The molecule has 5 rings (SSSR count). The molecular weight excluding hydrogens is 420 g/mol. The van der Waals surface area contributed by atoms with Gasteiger partial charge in [-0.25, -0.2) is 0 Å². The Kier molecular flexibility index (Phi) is 6.98. The van der Waals surface area contributed by atoms with Gasteiger partial charge in [-0.3, -0.25) is 19.7 Å². The zero-order valence-corrected chi connectivity index (χ0v) is 20.5. The Morgan fingerprint density at radius 3 is 2.39 bits per heavy atom. The molecule has 2 aliphatic carbocycles. The molecule has 3 aliphatic heterocycles. The second-order valence-electron chi connectivity index (χ2n) is 11.2. The molecule has 0 aromatic rings. The maximum atomic E-state index is 13.5. The summed E-state index contributed by atoms with van der Waals surface area (Å²) >= 11 is 0. The summed E-state index contributed by atoms with van der Waals surface area (Å²) in [6, 6.07) is 0.317. The van der Waals surface area contributed by atoms with Crippen molar-refractivity contribution < 1.29 is 19.2 Å². The van der Waals surface area contributed by atoms with Gasteiger partial charge in [0, 0.05) is 26.1 Å². The molecule has 0 spiro atoms. The second-order valence-corrected chi connectivity index (χ2v) is 11.2. The third-order valence-corrected chi connectivity index (χ3v) is 9.05. The maximum absolute atomic E-state index is 13.5. The quantitative estimate of drug-likeness (QED) is 0.670. The Balaban J connectivity index is 1.31. The van der Waals surface area contributed by atoms with E-state index < -0.39 is 0 Å². The number of ether oxygens (including phenoxy) is 1. The van der Waals surface area contributed by atoms with Crippen molar-refractivity contribution >= 4 is 11.8 Å². The molecule has 5 fully saturated rings. The van der Waals surface area contributed by atoms with E-state index in [-0.39, 0.29) is 48.4 Å². The van der Waals surface area contributed by atoms with Gasteiger partial charge in [-0.15, -0.1) is 0 Å². The van der Waals surface area contributed by atoms with Gasteiger partial charge in [0.05, 0.1) is 18.2 Å². The average Bonchev–Trinajstić information content (AvgIpc) is 3.50. The molecule has 0 aromatic heterocycles. The third-order valence-electron chi connectivity index (χ3n) is 9.05. The van der Waals surface area contributed by atoms with Gasteiger partial charge in [-0.1, -0.05) is 12.8 Å². The lowest BCUT2D eigenvalue weighted by Gasteiger charge is -2.55. The lowest BCUT2D eigenvalue weighted by molar-refractivity contribution is -0.160. The van der Waals surface area contributed by atoms with Gasteiger partial charge < -0.3 is 14.5 Å². The Morgan fingerprint density at radius 1 is 0.909 bits per heavy atom. The first-order valence-electron chi connectivity index (χ1n) is 13.3. The van der Waals surface area contributed by atoms with Crippen molar-refractivity contribution in [1.29, 1.82) is 0 Å². The van der Waals surface area contributed by atoms with E-state index >= 15 is 0 Å². The molecule has 2 amide bonds. The van der Waals surface area contributed by atoms with Gasteiger partial charge in [0.2, 0.25) is 5.91 Å². The SMILES string of the molecule is CC(=O)N1C2CCC(C3CCCC(C4NOC(C)N4)C3)CC2N(C(=O)C2CCCO2)C[C@@H]1C. The van der Waals surface area contributed by atoms with Crippen LogP contribution in [0, 0.1) is 17.8 Å². The molecule has 33 heavy (non-hydrogen) atoms. The second kappa shape index (κ2) is 9.80. The highest BCUT2D eigenvalue weighted by Crippen LogP contribution is 2.45. The van der Waals surface area contributed by atoms with Gasteiger partial charge in [-0.05, 0) is 76.5 Å². The molecule has 2 saturated carbocycles. The predicted molar refractivity (Wildman–Crippen MR) is 124 cm³/mol. The van der Waals surface area contributed by atoms with Crippen molar-refractivity contribution in [1.82, 2.24) is 20.6 Å². The van der Waals surface area contributed by atoms with E-state index in [1.807, 2.05) is 6.92 Å². The van der Waals surface area contributed by atoms with Crippen molar-refractivity contribution in [2.45, 2.75) is 115 Å². The van der Waals surface area contributed by atoms with E-state index in [1.54, 1.807) is 6.92 Å². The van der Waals surface area contributed by atoms with Gasteiger partial charge in [0.1, 0.15) is 12.3 Å². The minimum absolute atomic E-state index is 0.0602. The zero-order valence-electron chi connectivity index (χ0n) is 20.5. The maximum Gasteiger partial charge on any atom is 0.252 e. The van der Waals surface area contributed by atoms with Crippen LogP contribution in [0.15, 0.2) is 0 Å². The molecule has 2 N–H and O–H groups in total. The van der Waals surface area contributed by atoms with Crippen LogP contribution in [0.1, 0.15) is 78.6 Å². The molecular formula is C25H42N4O4. The number of nitrogens with one attached hydrogen (secondary N) is 2. The summed E-state index contributed by atoms with van der Waals surface area (Å²) in [5.41, 5.74) is 3.20. The Bertz CT molecular complexity index is 729. The normalized spacial score (nSPS) is 44.0. The minimum atomic E-state index is -0.289. The number of fused-ring (bicyclic) bond motifs is 1. The fraction of sp³-hybridized carbons (Fsp3) is 0.920. The van der Waals surface area contributed by atoms with Crippen LogP contribution in [0.4, 0.5) is 0 Å². The van der Waals surface area contributed by atoms with Crippen molar-refractivity contribution in [2.75, 3.05) is 13.2 Å². The van der Waals surface area contributed by atoms with Gasteiger partial charge in [0.25, 0.3) is 5.91 Å². The minimum Gasteiger partial charge on any atom is -0.368 e. The molecule has 8 unspecified atom stereocenters. The molecule has 5 aliphatic rings. The molecule has 0 aromatic carbocycles. The van der Waals surface area contributed by atoms with Crippen LogP contribution in [0.25, 0.3) is 0 Å². The van der Waals surface area contributed by atoms with Crippen LogP contribution in [-0.2, 0) is 19.2 Å². The largest absolute Gasteiger partial charge is 0.368 e. The number of piperazine rings is 1. The molecule has 0 bridgehead atoms. The highest BCUT2D eigenvalue weighted by molar-refractivity contribution is 5.82. The molecule has 8 nitrogen and oxygen atoms in total. The molecule has 8 heteroatoms. The van der Waals surface area contributed by atoms with E-state index in [0.29, 0.717) is 30.9 Å². The number of hydrogen-bond acceptors (Lipinski definition) is 6. The first-order chi connectivity index (χ1) is 15.9. The Hall–Kier alpha value is -1.22. The molecule has 3 saturated heterocycles.